The van der Waals surface area contributed by atoms with Gasteiger partial charge in [0.25, 0.3) is 5.56 Å². The number of H-pyrrole nitrogens is 1. The molecule has 0 radical (unpaired) electrons. The fraction of sp³-hybridized carbons (Fsp3) is 0.375. The minimum atomic E-state index is -0.171. The van der Waals surface area contributed by atoms with E-state index in [4.69, 9.17) is 4.74 Å². The van der Waals surface area contributed by atoms with Crippen LogP contribution in [0, 0.1) is 6.92 Å². The van der Waals surface area contributed by atoms with Crippen molar-refractivity contribution >= 4 is 0 Å². The van der Waals surface area contributed by atoms with E-state index in [1.165, 1.54) is 0 Å². The SMILES string of the molecule is CCCC(OC)c1nc(-c2ccccc2)c(C)c(=O)[nH]1. The number of hydrogen-bond donors (Lipinski definition) is 1. The molecule has 4 heteroatoms. The Balaban J connectivity index is 2.53. The second-order valence-electron chi connectivity index (χ2n) is 4.80. The average Bonchev–Trinajstić information content (AvgIpc) is 2.48. The molecule has 2 aromatic rings. The predicted molar refractivity (Wildman–Crippen MR) is 79.7 cm³/mol. The van der Waals surface area contributed by atoms with Crippen LogP contribution in [0.2, 0.25) is 0 Å². The van der Waals surface area contributed by atoms with E-state index in [1.807, 2.05) is 30.3 Å². The number of nitrogens with one attached hydrogen (secondary N) is 1. The number of aromatic amines is 1. The van der Waals surface area contributed by atoms with Crippen LogP contribution in [-0.2, 0) is 4.74 Å². The first-order valence-electron chi connectivity index (χ1n) is 6.86. The summed E-state index contributed by atoms with van der Waals surface area (Å²) >= 11 is 0. The molecular formula is C16H20N2O2. The molecule has 106 valence electrons. The van der Waals surface area contributed by atoms with Crippen molar-refractivity contribution in [2.75, 3.05) is 7.11 Å². The van der Waals surface area contributed by atoms with Crippen LogP contribution in [0.3, 0.4) is 0 Å². The van der Waals surface area contributed by atoms with Gasteiger partial charge in [-0.3, -0.25) is 4.79 Å². The first kappa shape index (κ1) is 14.5. The van der Waals surface area contributed by atoms with E-state index in [2.05, 4.69) is 16.9 Å². The quantitative estimate of drug-likeness (QED) is 0.909. The van der Waals surface area contributed by atoms with E-state index in [0.29, 0.717) is 11.4 Å². The third-order valence-electron chi connectivity index (χ3n) is 3.36. The van der Waals surface area contributed by atoms with Crippen molar-refractivity contribution in [1.29, 1.82) is 0 Å². The van der Waals surface area contributed by atoms with Crippen LogP contribution >= 0.6 is 0 Å². The summed E-state index contributed by atoms with van der Waals surface area (Å²) in [5, 5.41) is 0. The zero-order chi connectivity index (χ0) is 14.5. The Hall–Kier alpha value is -1.94. The summed E-state index contributed by atoms with van der Waals surface area (Å²) in [6, 6.07) is 9.75. The molecule has 1 atom stereocenters. The fourth-order valence-electron chi connectivity index (χ4n) is 2.21. The van der Waals surface area contributed by atoms with Gasteiger partial charge < -0.3 is 9.72 Å². The van der Waals surface area contributed by atoms with Crippen LogP contribution in [0.15, 0.2) is 35.1 Å². The molecule has 0 aliphatic carbocycles. The van der Waals surface area contributed by atoms with Gasteiger partial charge in [-0.1, -0.05) is 43.7 Å². The smallest absolute Gasteiger partial charge is 0.254 e. The normalized spacial score (nSPS) is 12.3. The molecule has 1 N–H and O–H groups in total. The lowest BCUT2D eigenvalue weighted by Gasteiger charge is -2.15. The zero-order valence-corrected chi connectivity index (χ0v) is 12.1. The Morgan fingerprint density at radius 1 is 1.30 bits per heavy atom. The Morgan fingerprint density at radius 3 is 2.60 bits per heavy atom. The van der Waals surface area contributed by atoms with Crippen LogP contribution in [-0.4, -0.2) is 17.1 Å². The Bertz CT molecular complexity index is 620. The van der Waals surface area contributed by atoms with Crippen molar-refractivity contribution in [2.24, 2.45) is 0 Å². The predicted octanol–water partition coefficient (Wildman–Crippen LogP) is 3.23. The number of rotatable bonds is 5. The number of methoxy groups -OCH3 is 1. The first-order valence-corrected chi connectivity index (χ1v) is 6.86. The van der Waals surface area contributed by atoms with Gasteiger partial charge in [-0.15, -0.1) is 0 Å². The van der Waals surface area contributed by atoms with Crippen LogP contribution in [0.1, 0.15) is 37.3 Å². The monoisotopic (exact) mass is 272 g/mol. The summed E-state index contributed by atoms with van der Waals surface area (Å²) in [6.45, 7) is 3.87. The third-order valence-corrected chi connectivity index (χ3v) is 3.36. The lowest BCUT2D eigenvalue weighted by atomic mass is 10.1. The van der Waals surface area contributed by atoms with Crippen LogP contribution in [0.4, 0.5) is 0 Å². The van der Waals surface area contributed by atoms with E-state index in [9.17, 15) is 4.79 Å². The molecular weight excluding hydrogens is 252 g/mol. The minimum absolute atomic E-state index is 0.105. The summed E-state index contributed by atoms with van der Waals surface area (Å²) in [5.41, 5.74) is 2.20. The van der Waals surface area contributed by atoms with Gasteiger partial charge in [0.2, 0.25) is 0 Å². The lowest BCUT2D eigenvalue weighted by Crippen LogP contribution is -2.19. The van der Waals surface area contributed by atoms with E-state index < -0.39 is 0 Å². The molecule has 20 heavy (non-hydrogen) atoms. The van der Waals surface area contributed by atoms with Crippen LogP contribution in [0.25, 0.3) is 11.3 Å². The van der Waals surface area contributed by atoms with Crippen molar-refractivity contribution in [3.63, 3.8) is 0 Å². The Kier molecular flexibility index (Phi) is 4.69. The second kappa shape index (κ2) is 6.48. The van der Waals surface area contributed by atoms with Gasteiger partial charge in [0, 0.05) is 18.2 Å². The van der Waals surface area contributed by atoms with Gasteiger partial charge in [-0.2, -0.15) is 0 Å². The molecule has 1 aromatic carbocycles. The maximum Gasteiger partial charge on any atom is 0.254 e. The van der Waals surface area contributed by atoms with E-state index >= 15 is 0 Å². The fourth-order valence-corrected chi connectivity index (χ4v) is 2.21. The molecule has 4 nitrogen and oxygen atoms in total. The summed E-state index contributed by atoms with van der Waals surface area (Å²) in [4.78, 5) is 19.5. The highest BCUT2D eigenvalue weighted by molar-refractivity contribution is 5.62. The Labute approximate surface area is 118 Å². The molecule has 0 bridgehead atoms. The molecule has 2 rings (SSSR count). The maximum atomic E-state index is 12.1. The van der Waals surface area contributed by atoms with Gasteiger partial charge in [0.15, 0.2) is 0 Å². The maximum absolute atomic E-state index is 12.1. The highest BCUT2D eigenvalue weighted by Crippen LogP contribution is 2.23. The molecule has 0 aliphatic rings. The average molecular weight is 272 g/mol. The number of nitrogens with zero attached hydrogens (tertiary/aromatic N) is 1. The number of benzene rings is 1. The number of ether oxygens (including phenoxy) is 1. The molecule has 0 amide bonds. The van der Waals surface area contributed by atoms with Crippen molar-refractivity contribution < 1.29 is 4.74 Å². The van der Waals surface area contributed by atoms with Crippen molar-refractivity contribution in [1.82, 2.24) is 9.97 Å². The number of hydrogen-bond acceptors (Lipinski definition) is 3. The topological polar surface area (TPSA) is 55.0 Å². The molecule has 0 fully saturated rings. The summed E-state index contributed by atoms with van der Waals surface area (Å²) in [5.74, 6) is 0.601. The highest BCUT2D eigenvalue weighted by Gasteiger charge is 2.16. The van der Waals surface area contributed by atoms with Crippen LogP contribution < -0.4 is 5.56 Å². The van der Waals surface area contributed by atoms with Crippen LogP contribution in [0.5, 0.6) is 0 Å². The largest absolute Gasteiger partial charge is 0.374 e. The summed E-state index contributed by atoms with van der Waals surface area (Å²) in [7, 11) is 1.64. The molecule has 0 saturated heterocycles. The van der Waals surface area contributed by atoms with E-state index in [-0.39, 0.29) is 11.7 Å². The molecule has 0 saturated carbocycles. The van der Waals surface area contributed by atoms with Gasteiger partial charge >= 0.3 is 0 Å². The third kappa shape index (κ3) is 2.96. The zero-order valence-electron chi connectivity index (χ0n) is 12.1. The molecule has 1 heterocycles. The van der Waals surface area contributed by atoms with Crippen molar-refractivity contribution in [2.45, 2.75) is 32.8 Å². The second-order valence-corrected chi connectivity index (χ2v) is 4.80. The van der Waals surface area contributed by atoms with E-state index in [0.717, 1.165) is 24.1 Å². The molecule has 0 spiro atoms. The Morgan fingerprint density at radius 2 is 2.00 bits per heavy atom. The summed E-state index contributed by atoms with van der Waals surface area (Å²) < 4.78 is 5.43. The van der Waals surface area contributed by atoms with Crippen molar-refractivity contribution in [3.8, 4) is 11.3 Å². The standard InChI is InChI=1S/C16H20N2O2/c1-4-8-13(20-3)15-17-14(11(2)16(19)18-15)12-9-6-5-7-10-12/h5-7,9-10,13H,4,8H2,1-3H3,(H,17,18,19). The van der Waals surface area contributed by atoms with Crippen molar-refractivity contribution in [3.05, 3.63) is 52.1 Å². The van der Waals surface area contributed by atoms with Gasteiger partial charge in [0.05, 0.1) is 5.69 Å². The van der Waals surface area contributed by atoms with Gasteiger partial charge in [-0.05, 0) is 13.3 Å². The highest BCUT2D eigenvalue weighted by atomic mass is 16.5. The first-order chi connectivity index (χ1) is 9.67. The minimum Gasteiger partial charge on any atom is -0.374 e. The molecule has 1 unspecified atom stereocenters. The van der Waals surface area contributed by atoms with Gasteiger partial charge in [0.1, 0.15) is 11.9 Å². The van der Waals surface area contributed by atoms with E-state index in [1.54, 1.807) is 14.0 Å². The summed E-state index contributed by atoms with van der Waals surface area (Å²) in [6.07, 6.45) is 1.63. The molecule has 1 aromatic heterocycles. The number of aromatic nitrogens is 2. The lowest BCUT2D eigenvalue weighted by molar-refractivity contribution is 0.0874. The molecule has 0 aliphatic heterocycles. The van der Waals surface area contributed by atoms with Gasteiger partial charge in [-0.25, -0.2) is 4.98 Å².